The number of hydrogen-bond acceptors (Lipinski definition) is 3. The highest BCUT2D eigenvalue weighted by atomic mass is 32.1. The van der Waals surface area contributed by atoms with Gasteiger partial charge in [0.2, 0.25) is 0 Å². The first-order valence-corrected chi connectivity index (χ1v) is 7.58. The van der Waals surface area contributed by atoms with Crippen LogP contribution in [0.3, 0.4) is 0 Å². The molecule has 4 heteroatoms. The first-order chi connectivity index (χ1) is 8.16. The summed E-state index contributed by atoms with van der Waals surface area (Å²) in [5.74, 6) is 0.658. The molecule has 1 aliphatic carbocycles. The maximum absolute atomic E-state index is 12.0. The topological polar surface area (TPSA) is 29.1 Å². The molecule has 1 heterocycles. The van der Waals surface area contributed by atoms with Gasteiger partial charge in [-0.15, -0.1) is 24.0 Å². The van der Waals surface area contributed by atoms with E-state index in [9.17, 15) is 4.79 Å². The van der Waals surface area contributed by atoms with Crippen LogP contribution in [0.25, 0.3) is 0 Å². The maximum Gasteiger partial charge on any atom is 0.261 e. The molecule has 0 radical (unpaired) electrons. The van der Waals surface area contributed by atoms with Crippen LogP contribution < -0.4 is 5.32 Å². The fourth-order valence-corrected chi connectivity index (χ4v) is 3.44. The molecule has 0 aliphatic heterocycles. The minimum atomic E-state index is 0.0639. The second kappa shape index (κ2) is 5.91. The second-order valence-electron chi connectivity index (χ2n) is 4.86. The van der Waals surface area contributed by atoms with Gasteiger partial charge < -0.3 is 5.32 Å². The van der Waals surface area contributed by atoms with Crippen LogP contribution in [0.5, 0.6) is 0 Å². The quantitative estimate of drug-likeness (QED) is 0.621. The monoisotopic (exact) mass is 269 g/mol. The van der Waals surface area contributed by atoms with Crippen LogP contribution in [-0.2, 0) is 0 Å². The van der Waals surface area contributed by atoms with E-state index in [1.54, 1.807) is 0 Å². The van der Waals surface area contributed by atoms with Crippen LogP contribution in [0, 0.1) is 5.92 Å². The lowest BCUT2D eigenvalue weighted by atomic mass is 9.97. The highest BCUT2D eigenvalue weighted by Crippen LogP contribution is 2.24. The predicted octanol–water partition coefficient (Wildman–Crippen LogP) is 3.74. The third-order valence-corrected chi connectivity index (χ3v) is 4.85. The Morgan fingerprint density at radius 2 is 2.18 bits per heavy atom. The minimum absolute atomic E-state index is 0.0639. The molecule has 1 N–H and O–H groups in total. The van der Waals surface area contributed by atoms with Crippen molar-refractivity contribution in [2.75, 3.05) is 0 Å². The Bertz CT molecular complexity index is 389. The van der Waals surface area contributed by atoms with Gasteiger partial charge in [-0.2, -0.15) is 0 Å². The smallest absolute Gasteiger partial charge is 0.261 e. The second-order valence-corrected chi connectivity index (χ2v) is 6.29. The zero-order valence-electron chi connectivity index (χ0n) is 10.1. The Hall–Kier alpha value is -0.480. The molecule has 1 saturated carbocycles. The van der Waals surface area contributed by atoms with Crippen molar-refractivity contribution in [3.63, 3.8) is 0 Å². The number of carbonyl (C=O) groups is 1. The molecule has 1 aromatic heterocycles. The average Bonchev–Trinajstić information content (AvgIpc) is 2.63. The number of nitrogens with one attached hydrogen (secondary N) is 1. The predicted molar refractivity (Wildman–Crippen MR) is 75.1 cm³/mol. The molecule has 94 valence electrons. The number of amides is 1. The molecule has 0 aromatic carbocycles. The molecule has 1 amide bonds. The number of hydrogen-bond donors (Lipinski definition) is 2. The van der Waals surface area contributed by atoms with Crippen molar-refractivity contribution >= 4 is 29.9 Å². The zero-order chi connectivity index (χ0) is 12.3. The molecular formula is C13H19NOS2. The van der Waals surface area contributed by atoms with Crippen molar-refractivity contribution in [1.29, 1.82) is 0 Å². The summed E-state index contributed by atoms with van der Waals surface area (Å²) in [6.07, 6.45) is 6.18. The molecule has 17 heavy (non-hydrogen) atoms. The number of thiophene rings is 1. The molecule has 1 aromatic rings. The van der Waals surface area contributed by atoms with Crippen molar-refractivity contribution in [3.05, 3.63) is 16.3 Å². The lowest BCUT2D eigenvalue weighted by molar-refractivity contribution is 0.0925. The van der Waals surface area contributed by atoms with E-state index in [0.717, 1.165) is 16.2 Å². The van der Waals surface area contributed by atoms with Crippen molar-refractivity contribution in [2.45, 2.75) is 50.0 Å². The molecule has 0 spiro atoms. The standard InChI is InChI=1S/C13H19NOS2/c1-9-5-3-2-4-6-11(9)14-13(15)12-7-10(16)8-17-12/h7-9,11,16H,2-6H2,1H3,(H,14,15). The molecular weight excluding hydrogens is 250 g/mol. The van der Waals surface area contributed by atoms with Crippen molar-refractivity contribution in [2.24, 2.45) is 5.92 Å². The van der Waals surface area contributed by atoms with Gasteiger partial charge in [-0.05, 0) is 24.8 Å². The van der Waals surface area contributed by atoms with E-state index in [1.807, 2.05) is 11.4 Å². The van der Waals surface area contributed by atoms with Gasteiger partial charge in [-0.3, -0.25) is 4.79 Å². The maximum atomic E-state index is 12.0. The fraction of sp³-hybridized carbons (Fsp3) is 0.615. The van der Waals surface area contributed by atoms with Crippen molar-refractivity contribution in [1.82, 2.24) is 5.32 Å². The van der Waals surface area contributed by atoms with E-state index in [4.69, 9.17) is 0 Å². The third kappa shape index (κ3) is 3.49. The van der Waals surface area contributed by atoms with Crippen LogP contribution in [0.1, 0.15) is 48.7 Å². The lowest BCUT2D eigenvalue weighted by Gasteiger charge is -2.22. The van der Waals surface area contributed by atoms with Gasteiger partial charge in [0.15, 0.2) is 0 Å². The van der Waals surface area contributed by atoms with E-state index in [1.165, 1.54) is 37.0 Å². The normalized spacial score (nSPS) is 25.3. The number of thiol groups is 1. The minimum Gasteiger partial charge on any atom is -0.348 e. The largest absolute Gasteiger partial charge is 0.348 e. The lowest BCUT2D eigenvalue weighted by Crippen LogP contribution is -2.38. The van der Waals surface area contributed by atoms with E-state index in [-0.39, 0.29) is 5.91 Å². The van der Waals surface area contributed by atoms with E-state index in [2.05, 4.69) is 24.9 Å². The molecule has 1 fully saturated rings. The summed E-state index contributed by atoms with van der Waals surface area (Å²) in [5, 5.41) is 5.07. The first-order valence-electron chi connectivity index (χ1n) is 6.25. The van der Waals surface area contributed by atoms with Gasteiger partial charge >= 0.3 is 0 Å². The summed E-state index contributed by atoms with van der Waals surface area (Å²) in [6, 6.07) is 2.18. The fourth-order valence-electron chi connectivity index (χ4n) is 2.39. The summed E-state index contributed by atoms with van der Waals surface area (Å²) in [7, 11) is 0. The Morgan fingerprint density at radius 1 is 1.41 bits per heavy atom. The molecule has 2 atom stereocenters. The number of rotatable bonds is 2. The van der Waals surface area contributed by atoms with E-state index in [0.29, 0.717) is 12.0 Å². The van der Waals surface area contributed by atoms with Gasteiger partial charge in [-0.1, -0.05) is 26.2 Å². The molecule has 2 rings (SSSR count). The number of carbonyl (C=O) groups excluding carboxylic acids is 1. The van der Waals surface area contributed by atoms with Crippen LogP contribution in [-0.4, -0.2) is 11.9 Å². The van der Waals surface area contributed by atoms with Crippen LogP contribution >= 0.6 is 24.0 Å². The zero-order valence-corrected chi connectivity index (χ0v) is 11.8. The summed E-state index contributed by atoms with van der Waals surface area (Å²) in [6.45, 7) is 2.24. The van der Waals surface area contributed by atoms with Crippen molar-refractivity contribution in [3.8, 4) is 0 Å². The van der Waals surface area contributed by atoms with Gasteiger partial charge in [-0.25, -0.2) is 0 Å². The first kappa shape index (κ1) is 13.0. The van der Waals surface area contributed by atoms with Gasteiger partial charge in [0.1, 0.15) is 0 Å². The van der Waals surface area contributed by atoms with Gasteiger partial charge in [0.05, 0.1) is 4.88 Å². The van der Waals surface area contributed by atoms with Gasteiger partial charge in [0, 0.05) is 16.3 Å². The highest BCUT2D eigenvalue weighted by molar-refractivity contribution is 7.80. The van der Waals surface area contributed by atoms with Crippen LogP contribution in [0.4, 0.5) is 0 Å². The van der Waals surface area contributed by atoms with E-state index >= 15 is 0 Å². The van der Waals surface area contributed by atoms with E-state index < -0.39 is 0 Å². The van der Waals surface area contributed by atoms with Crippen molar-refractivity contribution < 1.29 is 4.79 Å². The average molecular weight is 269 g/mol. The summed E-state index contributed by atoms with van der Waals surface area (Å²) in [4.78, 5) is 13.7. The molecule has 2 nitrogen and oxygen atoms in total. The molecule has 1 aliphatic rings. The Labute approximate surface area is 112 Å². The Balaban J connectivity index is 1.97. The summed E-state index contributed by atoms with van der Waals surface area (Å²) < 4.78 is 0. The molecule has 0 bridgehead atoms. The highest BCUT2D eigenvalue weighted by Gasteiger charge is 2.22. The van der Waals surface area contributed by atoms with Gasteiger partial charge in [0.25, 0.3) is 5.91 Å². The third-order valence-electron chi connectivity index (χ3n) is 3.49. The summed E-state index contributed by atoms with van der Waals surface area (Å²) in [5.41, 5.74) is 0. The summed E-state index contributed by atoms with van der Waals surface area (Å²) >= 11 is 5.70. The van der Waals surface area contributed by atoms with Crippen LogP contribution in [0.15, 0.2) is 16.3 Å². The molecule has 2 unspecified atom stereocenters. The molecule has 0 saturated heterocycles. The SMILES string of the molecule is CC1CCCCCC1NC(=O)c1cc(S)cs1. The van der Waals surface area contributed by atoms with Crippen LogP contribution in [0.2, 0.25) is 0 Å². The Kier molecular flexibility index (Phi) is 4.51. The Morgan fingerprint density at radius 3 is 2.88 bits per heavy atom.